The maximum absolute atomic E-state index is 13.5. The zero-order chi connectivity index (χ0) is 27.0. The van der Waals surface area contributed by atoms with E-state index >= 15 is 0 Å². The lowest BCUT2D eigenvalue weighted by molar-refractivity contribution is -0.129. The topological polar surface area (TPSA) is 49.9 Å². The first-order valence-electron chi connectivity index (χ1n) is 13.6. The number of rotatable bonds is 10. The molecule has 0 bridgehead atoms. The van der Waals surface area contributed by atoms with Gasteiger partial charge in [0, 0.05) is 25.2 Å². The van der Waals surface area contributed by atoms with Gasteiger partial charge in [0.15, 0.2) is 0 Å². The fourth-order valence-corrected chi connectivity index (χ4v) is 5.25. The number of hydrogen-bond acceptors (Lipinski definition) is 4. The fourth-order valence-electron chi connectivity index (χ4n) is 5.25. The van der Waals surface area contributed by atoms with Gasteiger partial charge in [0.05, 0.1) is 0 Å². The first-order chi connectivity index (χ1) is 19.1. The molecular weight excluding hydrogens is 484 g/mol. The number of benzene rings is 4. The van der Waals surface area contributed by atoms with Crippen LogP contribution in [-0.2, 0) is 22.6 Å². The van der Waals surface area contributed by atoms with Crippen LogP contribution < -0.4 is 4.90 Å². The molecule has 5 heteroatoms. The second kappa shape index (κ2) is 12.4. The second-order valence-corrected chi connectivity index (χ2v) is 10.00. The molecule has 1 heterocycles. The average molecular weight is 519 g/mol. The smallest absolute Gasteiger partial charge is 0.417 e. The molecular formula is C34H34N2O3. The normalized spacial score (nSPS) is 15.6. The Hall–Kier alpha value is -4.38. The van der Waals surface area contributed by atoms with Crippen molar-refractivity contribution in [2.75, 3.05) is 11.5 Å². The number of nitrogens with zero attached hydrogens (tertiary/aromatic N) is 2. The van der Waals surface area contributed by atoms with Crippen LogP contribution in [0.15, 0.2) is 115 Å². The molecule has 198 valence electrons. The highest BCUT2D eigenvalue weighted by molar-refractivity contribution is 5.94. The summed E-state index contributed by atoms with van der Waals surface area (Å²) in [6.45, 7) is 3.82. The van der Waals surface area contributed by atoms with Crippen molar-refractivity contribution in [2.45, 2.75) is 44.8 Å². The Labute approximate surface area is 230 Å². The molecule has 0 unspecified atom stereocenters. The largest absolute Gasteiger partial charge is 0.446 e. The third-order valence-electron chi connectivity index (χ3n) is 7.38. The third-order valence-corrected chi connectivity index (χ3v) is 7.38. The minimum Gasteiger partial charge on any atom is -0.446 e. The third kappa shape index (κ3) is 6.37. The van der Waals surface area contributed by atoms with E-state index in [2.05, 4.69) is 84.6 Å². The van der Waals surface area contributed by atoms with E-state index in [1.54, 1.807) is 0 Å². The Morgan fingerprint density at radius 3 is 2.03 bits per heavy atom. The Morgan fingerprint density at radius 1 is 0.846 bits per heavy atom. The molecule has 1 aliphatic heterocycles. The molecule has 0 spiro atoms. The van der Waals surface area contributed by atoms with Gasteiger partial charge in [-0.05, 0) is 46.7 Å². The quantitative estimate of drug-likeness (QED) is 0.218. The van der Waals surface area contributed by atoms with Crippen molar-refractivity contribution >= 4 is 17.7 Å². The Kier molecular flexibility index (Phi) is 8.37. The van der Waals surface area contributed by atoms with Crippen molar-refractivity contribution in [1.82, 2.24) is 4.90 Å². The van der Waals surface area contributed by atoms with Crippen LogP contribution in [0.3, 0.4) is 0 Å². The number of anilines is 1. The van der Waals surface area contributed by atoms with E-state index in [9.17, 15) is 9.59 Å². The van der Waals surface area contributed by atoms with Gasteiger partial charge in [-0.1, -0.05) is 110 Å². The van der Waals surface area contributed by atoms with Crippen LogP contribution in [-0.4, -0.2) is 23.5 Å². The lowest BCUT2D eigenvalue weighted by atomic mass is 9.91. The van der Waals surface area contributed by atoms with Crippen LogP contribution in [0.2, 0.25) is 0 Å². The van der Waals surface area contributed by atoms with Gasteiger partial charge in [-0.25, -0.2) is 9.69 Å². The fraction of sp³-hybridized carbons (Fsp3) is 0.235. The summed E-state index contributed by atoms with van der Waals surface area (Å²) in [5, 5.41) is 0. The predicted octanol–water partition coefficient (Wildman–Crippen LogP) is 7.50. The van der Waals surface area contributed by atoms with Gasteiger partial charge in [0.25, 0.3) is 0 Å². The highest BCUT2D eigenvalue weighted by atomic mass is 16.6. The monoisotopic (exact) mass is 518 g/mol. The summed E-state index contributed by atoms with van der Waals surface area (Å²) >= 11 is 0. The van der Waals surface area contributed by atoms with Crippen molar-refractivity contribution < 1.29 is 14.3 Å². The van der Waals surface area contributed by atoms with Crippen LogP contribution in [0.25, 0.3) is 0 Å². The van der Waals surface area contributed by atoms with E-state index in [1.807, 2.05) is 42.5 Å². The number of hydrogen-bond donors (Lipinski definition) is 0. The highest BCUT2D eigenvalue weighted by Gasteiger charge is 2.39. The van der Waals surface area contributed by atoms with Gasteiger partial charge in [0.1, 0.15) is 12.6 Å². The number of carbonyl (C=O) groups is 2. The first-order valence-corrected chi connectivity index (χ1v) is 13.6. The highest BCUT2D eigenvalue weighted by Crippen LogP contribution is 2.33. The summed E-state index contributed by atoms with van der Waals surface area (Å²) in [5.41, 5.74) is 5.58. The maximum Gasteiger partial charge on any atom is 0.417 e. The van der Waals surface area contributed by atoms with Crippen LogP contribution in [0, 0.1) is 0 Å². The van der Waals surface area contributed by atoms with E-state index in [-0.39, 0.29) is 30.9 Å². The lowest BCUT2D eigenvalue weighted by Crippen LogP contribution is -2.35. The van der Waals surface area contributed by atoms with Gasteiger partial charge in [0.2, 0.25) is 5.91 Å². The number of ether oxygens (including phenoxy) is 1. The zero-order valence-corrected chi connectivity index (χ0v) is 22.3. The van der Waals surface area contributed by atoms with Crippen LogP contribution in [0.5, 0.6) is 0 Å². The molecule has 5 rings (SSSR count). The molecule has 4 aromatic rings. The Morgan fingerprint density at radius 2 is 1.44 bits per heavy atom. The molecule has 5 nitrogen and oxygen atoms in total. The van der Waals surface area contributed by atoms with Gasteiger partial charge in [-0.3, -0.25) is 4.79 Å². The van der Waals surface area contributed by atoms with E-state index in [0.717, 1.165) is 36.3 Å². The summed E-state index contributed by atoms with van der Waals surface area (Å²) in [4.78, 5) is 29.7. The summed E-state index contributed by atoms with van der Waals surface area (Å²) in [6, 6.07) is 38.6. The molecule has 39 heavy (non-hydrogen) atoms. The molecule has 1 aliphatic rings. The van der Waals surface area contributed by atoms with Crippen molar-refractivity contribution in [3.63, 3.8) is 0 Å². The Bertz CT molecular complexity index is 1330. The molecule has 1 fully saturated rings. The van der Waals surface area contributed by atoms with Crippen molar-refractivity contribution in [3.05, 3.63) is 138 Å². The lowest BCUT2D eigenvalue weighted by Gasteiger charge is -2.27. The van der Waals surface area contributed by atoms with Crippen LogP contribution in [0.1, 0.15) is 54.0 Å². The predicted molar refractivity (Wildman–Crippen MR) is 154 cm³/mol. The molecule has 0 radical (unpaired) electrons. The number of amides is 2. The summed E-state index contributed by atoms with van der Waals surface area (Å²) in [5.74, 6) is -0.216. The summed E-state index contributed by atoms with van der Waals surface area (Å²) in [7, 11) is 0. The standard InChI is InChI=1S/C34H34N2O3/c1-2-28(22-33(37)36-32(25-39-34(36)38)29-17-10-5-11-18-29)30-19-12-20-31(21-30)35(23-26-13-6-3-7-14-26)24-27-15-8-4-9-16-27/h3-21,28,32H,2,22-25H2,1H3/t28-,32-/m1/s1. The molecule has 2 amide bonds. The number of imide groups is 1. The molecule has 1 saturated heterocycles. The first kappa shape index (κ1) is 26.2. The van der Waals surface area contributed by atoms with Gasteiger partial charge >= 0.3 is 6.09 Å². The van der Waals surface area contributed by atoms with E-state index in [0.29, 0.717) is 0 Å². The zero-order valence-electron chi connectivity index (χ0n) is 22.3. The molecule has 0 aromatic heterocycles. The average Bonchev–Trinajstić information content (AvgIpc) is 3.38. The second-order valence-electron chi connectivity index (χ2n) is 10.00. The van der Waals surface area contributed by atoms with Gasteiger partial charge in [-0.15, -0.1) is 0 Å². The summed E-state index contributed by atoms with van der Waals surface area (Å²) < 4.78 is 5.30. The SMILES string of the molecule is CC[C@H](CC(=O)N1C(=O)OC[C@@H]1c1ccccc1)c1cccc(N(Cc2ccccc2)Cc2ccccc2)c1. The molecule has 4 aromatic carbocycles. The van der Waals surface area contributed by atoms with E-state index in [4.69, 9.17) is 4.74 Å². The molecule has 0 N–H and O–H groups in total. The van der Waals surface area contributed by atoms with E-state index < -0.39 is 6.09 Å². The van der Waals surface area contributed by atoms with Crippen LogP contribution in [0.4, 0.5) is 10.5 Å². The van der Waals surface area contributed by atoms with Crippen molar-refractivity contribution in [2.24, 2.45) is 0 Å². The number of cyclic esters (lactones) is 1. The minimum absolute atomic E-state index is 0.0161. The minimum atomic E-state index is -0.561. The summed E-state index contributed by atoms with van der Waals surface area (Å²) in [6.07, 6.45) is 0.468. The molecule has 0 saturated carbocycles. The molecule has 0 aliphatic carbocycles. The molecule has 2 atom stereocenters. The van der Waals surface area contributed by atoms with Gasteiger partial charge in [-0.2, -0.15) is 0 Å². The van der Waals surface area contributed by atoms with Gasteiger partial charge < -0.3 is 9.64 Å². The maximum atomic E-state index is 13.5. The van der Waals surface area contributed by atoms with Crippen molar-refractivity contribution in [1.29, 1.82) is 0 Å². The number of carbonyl (C=O) groups excluding carboxylic acids is 2. The van der Waals surface area contributed by atoms with Crippen molar-refractivity contribution in [3.8, 4) is 0 Å². The Balaban J connectivity index is 1.37. The van der Waals surface area contributed by atoms with E-state index in [1.165, 1.54) is 16.0 Å². The van der Waals surface area contributed by atoms with Crippen LogP contribution >= 0.6 is 0 Å².